The van der Waals surface area contributed by atoms with Gasteiger partial charge in [0.05, 0.1) is 10.6 Å². The van der Waals surface area contributed by atoms with Crippen molar-refractivity contribution in [3.63, 3.8) is 0 Å². The van der Waals surface area contributed by atoms with Gasteiger partial charge < -0.3 is 0 Å². The van der Waals surface area contributed by atoms with Crippen molar-refractivity contribution in [2.75, 3.05) is 0 Å². The van der Waals surface area contributed by atoms with Gasteiger partial charge in [-0.25, -0.2) is 9.07 Å². The Labute approximate surface area is 120 Å². The molecule has 106 valence electrons. The van der Waals surface area contributed by atoms with E-state index in [2.05, 4.69) is 5.10 Å². The second-order valence-electron chi connectivity index (χ2n) is 4.83. The highest BCUT2D eigenvalue weighted by Gasteiger charge is 2.27. The zero-order valence-corrected chi connectivity index (χ0v) is 11.8. The Kier molecular flexibility index (Phi) is 4.04. The minimum absolute atomic E-state index is 0.0720. The van der Waals surface area contributed by atoms with Crippen LogP contribution in [0.1, 0.15) is 19.5 Å². The molecular weight excluding hydrogens is 285 g/mol. The maximum Gasteiger partial charge on any atom is 0.329 e. The Morgan fingerprint density at radius 3 is 2.50 bits per heavy atom. The molecule has 0 aliphatic heterocycles. The highest BCUT2D eigenvalue weighted by Crippen LogP contribution is 2.32. The van der Waals surface area contributed by atoms with Gasteiger partial charge in [0.15, 0.2) is 0 Å². The third-order valence-electron chi connectivity index (χ3n) is 2.73. The van der Waals surface area contributed by atoms with Crippen molar-refractivity contribution in [2.45, 2.75) is 20.3 Å². The van der Waals surface area contributed by atoms with Gasteiger partial charge in [0.25, 0.3) is 0 Å². The summed E-state index contributed by atoms with van der Waals surface area (Å²) in [5.41, 5.74) is 0.624. The second-order valence-corrected chi connectivity index (χ2v) is 5.19. The summed E-state index contributed by atoms with van der Waals surface area (Å²) in [6.07, 6.45) is 0.449. The molecule has 0 radical (unpaired) electrons. The molecule has 0 saturated carbocycles. The van der Waals surface area contributed by atoms with Crippen molar-refractivity contribution in [3.05, 3.63) is 51.0 Å². The predicted molar refractivity (Wildman–Crippen MR) is 73.7 cm³/mol. The lowest BCUT2D eigenvalue weighted by Gasteiger charge is -2.01. The van der Waals surface area contributed by atoms with Crippen molar-refractivity contribution in [3.8, 4) is 5.69 Å². The minimum Gasteiger partial charge on any atom is -0.258 e. The van der Waals surface area contributed by atoms with Gasteiger partial charge in [-0.15, -0.1) is 0 Å². The van der Waals surface area contributed by atoms with E-state index in [1.165, 1.54) is 28.9 Å². The number of nitrogens with zero attached hydrogens (tertiary/aromatic N) is 3. The molecule has 0 N–H and O–H groups in total. The van der Waals surface area contributed by atoms with Crippen LogP contribution in [0.2, 0.25) is 5.15 Å². The van der Waals surface area contributed by atoms with Gasteiger partial charge in [0.2, 0.25) is 5.15 Å². The summed E-state index contributed by atoms with van der Waals surface area (Å²) in [5, 5.41) is 15.3. The fourth-order valence-electron chi connectivity index (χ4n) is 1.89. The molecule has 7 heteroatoms. The van der Waals surface area contributed by atoms with Crippen LogP contribution in [0.3, 0.4) is 0 Å². The van der Waals surface area contributed by atoms with Crippen LogP contribution in [0.4, 0.5) is 10.1 Å². The molecule has 1 aromatic carbocycles. The van der Waals surface area contributed by atoms with E-state index >= 15 is 0 Å². The molecule has 0 aliphatic carbocycles. The lowest BCUT2D eigenvalue weighted by molar-refractivity contribution is -0.385. The number of halogens is 2. The SMILES string of the molecule is CC(C)Cc1nn(-c2ccc(F)cc2)c(Cl)c1[N+](=O)[O-]. The zero-order chi connectivity index (χ0) is 14.9. The van der Waals surface area contributed by atoms with Gasteiger partial charge in [0, 0.05) is 6.42 Å². The first-order valence-electron chi connectivity index (χ1n) is 6.08. The molecule has 0 aliphatic rings. The average molecular weight is 298 g/mol. The van der Waals surface area contributed by atoms with Crippen molar-refractivity contribution < 1.29 is 9.31 Å². The van der Waals surface area contributed by atoms with Crippen LogP contribution in [0.25, 0.3) is 5.69 Å². The van der Waals surface area contributed by atoms with Gasteiger partial charge in [0.1, 0.15) is 11.5 Å². The Morgan fingerprint density at radius 2 is 2.00 bits per heavy atom. The third kappa shape index (κ3) is 2.80. The predicted octanol–water partition coefficient (Wildman–Crippen LogP) is 3.77. The van der Waals surface area contributed by atoms with Gasteiger partial charge in [-0.1, -0.05) is 25.4 Å². The van der Waals surface area contributed by atoms with E-state index in [1.54, 1.807) is 0 Å². The number of nitro groups is 1. The van der Waals surface area contributed by atoms with Gasteiger partial charge in [-0.3, -0.25) is 10.1 Å². The Morgan fingerprint density at radius 1 is 1.40 bits per heavy atom. The minimum atomic E-state index is -0.535. The molecule has 0 atom stereocenters. The summed E-state index contributed by atoms with van der Waals surface area (Å²) < 4.78 is 14.2. The molecule has 5 nitrogen and oxygen atoms in total. The number of hydrogen-bond donors (Lipinski definition) is 0. The summed E-state index contributed by atoms with van der Waals surface area (Å²) in [7, 11) is 0. The maximum absolute atomic E-state index is 12.9. The van der Waals surface area contributed by atoms with Gasteiger partial charge in [-0.2, -0.15) is 5.10 Å². The smallest absolute Gasteiger partial charge is 0.258 e. The van der Waals surface area contributed by atoms with Crippen molar-refractivity contribution >= 4 is 17.3 Å². The molecule has 0 bridgehead atoms. The molecule has 20 heavy (non-hydrogen) atoms. The first-order valence-corrected chi connectivity index (χ1v) is 6.45. The molecule has 0 unspecified atom stereocenters. The van der Waals surface area contributed by atoms with Crippen LogP contribution >= 0.6 is 11.6 Å². The van der Waals surface area contributed by atoms with Gasteiger partial charge >= 0.3 is 5.69 Å². The standard InChI is InChI=1S/C13H13ClFN3O2/c1-8(2)7-11-12(18(19)20)13(14)17(16-11)10-5-3-9(15)4-6-10/h3-6,8H,7H2,1-2H3. The van der Waals surface area contributed by atoms with Crippen LogP contribution in [-0.4, -0.2) is 14.7 Å². The molecule has 0 fully saturated rings. The van der Waals surface area contributed by atoms with Crippen molar-refractivity contribution in [1.82, 2.24) is 9.78 Å². The van der Waals surface area contributed by atoms with Gasteiger partial charge in [-0.05, 0) is 30.2 Å². The second kappa shape index (κ2) is 5.58. The van der Waals surface area contributed by atoms with Crippen LogP contribution in [0, 0.1) is 21.8 Å². The normalized spacial score (nSPS) is 11.1. The van der Waals surface area contributed by atoms with Crippen LogP contribution in [0.5, 0.6) is 0 Å². The molecule has 0 saturated heterocycles. The molecule has 0 spiro atoms. The largest absolute Gasteiger partial charge is 0.329 e. The maximum atomic E-state index is 12.9. The van der Waals surface area contributed by atoms with E-state index in [0.717, 1.165) is 0 Å². The summed E-state index contributed by atoms with van der Waals surface area (Å²) in [6, 6.07) is 5.44. The number of rotatable bonds is 4. The fourth-order valence-corrected chi connectivity index (χ4v) is 2.20. The van der Waals surface area contributed by atoms with Crippen LogP contribution in [-0.2, 0) is 6.42 Å². The first kappa shape index (κ1) is 14.5. The number of aromatic nitrogens is 2. The Balaban J connectivity index is 2.54. The topological polar surface area (TPSA) is 61.0 Å². The summed E-state index contributed by atoms with van der Waals surface area (Å²) in [4.78, 5) is 10.6. The molecule has 2 rings (SSSR count). The lowest BCUT2D eigenvalue weighted by atomic mass is 10.1. The number of hydrogen-bond acceptors (Lipinski definition) is 3. The highest BCUT2D eigenvalue weighted by atomic mass is 35.5. The van der Waals surface area contributed by atoms with E-state index in [-0.39, 0.29) is 16.8 Å². The fraction of sp³-hybridized carbons (Fsp3) is 0.308. The van der Waals surface area contributed by atoms with E-state index in [0.29, 0.717) is 17.8 Å². The van der Waals surface area contributed by atoms with E-state index in [4.69, 9.17) is 11.6 Å². The van der Waals surface area contributed by atoms with E-state index in [1.807, 2.05) is 13.8 Å². The molecule has 0 amide bonds. The third-order valence-corrected chi connectivity index (χ3v) is 3.07. The van der Waals surface area contributed by atoms with Crippen LogP contribution in [0.15, 0.2) is 24.3 Å². The van der Waals surface area contributed by atoms with E-state index in [9.17, 15) is 14.5 Å². The number of benzene rings is 1. The Bertz CT molecular complexity index is 638. The van der Waals surface area contributed by atoms with E-state index < -0.39 is 10.7 Å². The molecular formula is C13H13ClFN3O2. The Hall–Kier alpha value is -1.95. The molecule has 2 aromatic rings. The zero-order valence-electron chi connectivity index (χ0n) is 11.0. The lowest BCUT2D eigenvalue weighted by Crippen LogP contribution is -2.00. The quantitative estimate of drug-likeness (QED) is 0.637. The molecule has 1 aromatic heterocycles. The summed E-state index contributed by atoms with van der Waals surface area (Å²) in [5.74, 6) is -0.185. The van der Waals surface area contributed by atoms with Crippen molar-refractivity contribution in [2.24, 2.45) is 5.92 Å². The average Bonchev–Trinajstić information content (AvgIpc) is 2.66. The monoisotopic (exact) mass is 297 g/mol. The first-order chi connectivity index (χ1) is 9.40. The molecule has 1 heterocycles. The van der Waals surface area contributed by atoms with Crippen LogP contribution < -0.4 is 0 Å². The van der Waals surface area contributed by atoms with Crippen molar-refractivity contribution in [1.29, 1.82) is 0 Å². The summed E-state index contributed by atoms with van der Waals surface area (Å²) >= 11 is 6.05. The highest BCUT2D eigenvalue weighted by molar-refractivity contribution is 6.32. The summed E-state index contributed by atoms with van der Waals surface area (Å²) in [6.45, 7) is 3.88.